The molecule has 3 heteroatoms. The van der Waals surface area contributed by atoms with Crippen molar-refractivity contribution >= 4 is 16.7 Å². The number of nitrogens with one attached hydrogen (secondary N) is 1. The maximum Gasteiger partial charge on any atom is 0.200 e. The van der Waals surface area contributed by atoms with Crippen LogP contribution in [0.25, 0.3) is 10.9 Å². The highest BCUT2D eigenvalue weighted by Gasteiger charge is 2.17. The van der Waals surface area contributed by atoms with Gasteiger partial charge in [0.2, 0.25) is 5.88 Å². The Morgan fingerprint density at radius 2 is 1.71 bits per heavy atom. The molecule has 21 heavy (non-hydrogen) atoms. The molecule has 0 fully saturated rings. The third kappa shape index (κ3) is 4.10. The van der Waals surface area contributed by atoms with Gasteiger partial charge in [0.05, 0.1) is 5.56 Å². The van der Waals surface area contributed by atoms with E-state index in [0.717, 1.165) is 23.7 Å². The van der Waals surface area contributed by atoms with Crippen LogP contribution in [0.1, 0.15) is 68.6 Å². The summed E-state index contributed by atoms with van der Waals surface area (Å²) in [5.74, 6) is 0.0441. The van der Waals surface area contributed by atoms with Crippen molar-refractivity contribution in [2.45, 2.75) is 58.3 Å². The number of aromatic amines is 1. The maximum absolute atomic E-state index is 12.3. The fraction of sp³-hybridized carbons (Fsp3) is 0.500. The number of ketones is 1. The Morgan fingerprint density at radius 3 is 2.48 bits per heavy atom. The highest BCUT2D eigenvalue weighted by atomic mass is 16.3. The summed E-state index contributed by atoms with van der Waals surface area (Å²) >= 11 is 0. The highest BCUT2D eigenvalue weighted by molar-refractivity contribution is 6.10. The molecular formula is C18H25NO2. The van der Waals surface area contributed by atoms with Crippen molar-refractivity contribution in [2.75, 3.05) is 0 Å². The SMILES string of the molecule is CCCCCCCCCC(=O)c1c(O)[nH]c2ccccc12. The minimum Gasteiger partial charge on any atom is -0.494 e. The minimum absolute atomic E-state index is 0.00384. The fourth-order valence-corrected chi connectivity index (χ4v) is 2.78. The van der Waals surface area contributed by atoms with E-state index in [0.29, 0.717) is 12.0 Å². The number of carbonyl (C=O) groups is 1. The topological polar surface area (TPSA) is 53.1 Å². The second kappa shape index (κ2) is 7.87. The van der Waals surface area contributed by atoms with Crippen molar-refractivity contribution in [2.24, 2.45) is 0 Å². The molecule has 0 unspecified atom stereocenters. The summed E-state index contributed by atoms with van der Waals surface area (Å²) in [4.78, 5) is 15.2. The molecule has 0 atom stereocenters. The van der Waals surface area contributed by atoms with E-state index in [1.54, 1.807) is 0 Å². The molecule has 2 rings (SSSR count). The normalized spacial score (nSPS) is 11.1. The van der Waals surface area contributed by atoms with Crippen LogP contribution in [0.3, 0.4) is 0 Å². The van der Waals surface area contributed by atoms with Crippen LogP contribution in [0, 0.1) is 0 Å². The lowest BCUT2D eigenvalue weighted by atomic mass is 10.0. The number of para-hydroxylation sites is 1. The third-order valence-electron chi connectivity index (χ3n) is 3.97. The van der Waals surface area contributed by atoms with Crippen LogP contribution in [0.4, 0.5) is 0 Å². The second-order valence-electron chi connectivity index (χ2n) is 5.69. The number of rotatable bonds is 9. The predicted molar refractivity (Wildman–Crippen MR) is 86.9 cm³/mol. The Morgan fingerprint density at radius 1 is 1.05 bits per heavy atom. The van der Waals surface area contributed by atoms with Gasteiger partial charge in [0, 0.05) is 17.3 Å². The highest BCUT2D eigenvalue weighted by Crippen LogP contribution is 2.28. The van der Waals surface area contributed by atoms with Crippen LogP contribution < -0.4 is 0 Å². The lowest BCUT2D eigenvalue weighted by molar-refractivity contribution is 0.0978. The first kappa shape index (κ1) is 15.6. The second-order valence-corrected chi connectivity index (χ2v) is 5.69. The van der Waals surface area contributed by atoms with Crippen molar-refractivity contribution < 1.29 is 9.90 Å². The number of benzene rings is 1. The first-order chi connectivity index (χ1) is 10.2. The molecule has 1 aromatic heterocycles. The lowest BCUT2D eigenvalue weighted by Crippen LogP contribution is -1.98. The van der Waals surface area contributed by atoms with Gasteiger partial charge in [-0.25, -0.2) is 0 Å². The van der Waals surface area contributed by atoms with E-state index in [2.05, 4.69) is 11.9 Å². The zero-order valence-corrected chi connectivity index (χ0v) is 12.8. The zero-order chi connectivity index (χ0) is 15.1. The number of aromatic hydroxyl groups is 1. The van der Waals surface area contributed by atoms with Gasteiger partial charge in [-0.2, -0.15) is 0 Å². The van der Waals surface area contributed by atoms with Gasteiger partial charge in [0.1, 0.15) is 0 Å². The van der Waals surface area contributed by atoms with E-state index in [4.69, 9.17) is 0 Å². The molecule has 114 valence electrons. The smallest absolute Gasteiger partial charge is 0.200 e. The van der Waals surface area contributed by atoms with E-state index in [1.807, 2.05) is 24.3 Å². The van der Waals surface area contributed by atoms with E-state index < -0.39 is 0 Å². The van der Waals surface area contributed by atoms with Crippen LogP contribution in [0.2, 0.25) is 0 Å². The molecule has 0 saturated carbocycles. The number of fused-ring (bicyclic) bond motifs is 1. The quantitative estimate of drug-likeness (QED) is 0.492. The third-order valence-corrected chi connectivity index (χ3v) is 3.97. The lowest BCUT2D eigenvalue weighted by Gasteiger charge is -2.02. The molecule has 0 radical (unpaired) electrons. The van der Waals surface area contributed by atoms with E-state index >= 15 is 0 Å². The zero-order valence-electron chi connectivity index (χ0n) is 12.8. The average molecular weight is 287 g/mol. The van der Waals surface area contributed by atoms with Crippen LogP contribution in [0.15, 0.2) is 24.3 Å². The molecule has 1 aromatic carbocycles. The number of Topliss-reactive ketones (excluding diaryl/α,β-unsaturated/α-hetero) is 1. The van der Waals surface area contributed by atoms with Gasteiger partial charge < -0.3 is 10.1 Å². The van der Waals surface area contributed by atoms with Crippen LogP contribution in [0.5, 0.6) is 5.88 Å². The van der Waals surface area contributed by atoms with Crippen LogP contribution in [-0.4, -0.2) is 15.9 Å². The van der Waals surface area contributed by atoms with Gasteiger partial charge in [-0.1, -0.05) is 63.6 Å². The Labute approximate surface area is 126 Å². The molecule has 0 spiro atoms. The number of hydrogen-bond acceptors (Lipinski definition) is 2. The van der Waals surface area contributed by atoms with Crippen molar-refractivity contribution in [3.63, 3.8) is 0 Å². The Hall–Kier alpha value is -1.77. The van der Waals surface area contributed by atoms with Gasteiger partial charge in [0.25, 0.3) is 0 Å². The first-order valence-electron chi connectivity index (χ1n) is 8.07. The molecule has 2 aromatic rings. The maximum atomic E-state index is 12.3. The summed E-state index contributed by atoms with van der Waals surface area (Å²) in [6, 6.07) is 7.53. The van der Waals surface area contributed by atoms with E-state index in [-0.39, 0.29) is 11.7 Å². The Kier molecular flexibility index (Phi) is 5.85. The molecule has 3 nitrogen and oxygen atoms in total. The number of hydrogen-bond donors (Lipinski definition) is 2. The van der Waals surface area contributed by atoms with Crippen LogP contribution >= 0.6 is 0 Å². The monoisotopic (exact) mass is 287 g/mol. The molecular weight excluding hydrogens is 262 g/mol. The summed E-state index contributed by atoms with van der Waals surface area (Å²) in [6.45, 7) is 2.21. The molecule has 0 bridgehead atoms. The number of H-pyrrole nitrogens is 1. The summed E-state index contributed by atoms with van der Waals surface area (Å²) in [5, 5.41) is 10.8. The Bertz CT molecular complexity index is 586. The number of carbonyl (C=O) groups excluding carboxylic acids is 1. The Balaban J connectivity index is 1.84. The van der Waals surface area contributed by atoms with Crippen molar-refractivity contribution in [3.8, 4) is 5.88 Å². The van der Waals surface area contributed by atoms with Gasteiger partial charge in [-0.05, 0) is 12.5 Å². The van der Waals surface area contributed by atoms with E-state index in [9.17, 15) is 9.90 Å². The summed E-state index contributed by atoms with van der Waals surface area (Å²) in [6.07, 6.45) is 8.85. The molecule has 0 aliphatic rings. The molecule has 2 N–H and O–H groups in total. The first-order valence-corrected chi connectivity index (χ1v) is 8.07. The van der Waals surface area contributed by atoms with Crippen LogP contribution in [-0.2, 0) is 0 Å². The minimum atomic E-state index is 0.00384. The van der Waals surface area contributed by atoms with E-state index in [1.165, 1.54) is 32.1 Å². The largest absolute Gasteiger partial charge is 0.494 e. The van der Waals surface area contributed by atoms with Gasteiger partial charge in [0.15, 0.2) is 5.78 Å². The average Bonchev–Trinajstić information content (AvgIpc) is 2.82. The number of unbranched alkanes of at least 4 members (excludes halogenated alkanes) is 6. The molecule has 0 saturated heterocycles. The van der Waals surface area contributed by atoms with Gasteiger partial charge >= 0.3 is 0 Å². The van der Waals surface area contributed by atoms with Crippen molar-refractivity contribution in [1.29, 1.82) is 0 Å². The molecule has 0 aliphatic carbocycles. The predicted octanol–water partition coefficient (Wildman–Crippen LogP) is 5.20. The number of aromatic nitrogens is 1. The standard InChI is InChI=1S/C18H25NO2/c1-2-3-4-5-6-7-8-13-16(20)17-14-11-9-10-12-15(14)19-18(17)21/h9-12,19,21H,2-8,13H2,1H3. The summed E-state index contributed by atoms with van der Waals surface area (Å²) in [5.41, 5.74) is 1.27. The fourth-order valence-electron chi connectivity index (χ4n) is 2.78. The summed E-state index contributed by atoms with van der Waals surface area (Å²) in [7, 11) is 0. The van der Waals surface area contributed by atoms with Gasteiger partial charge in [-0.15, -0.1) is 0 Å². The molecule has 0 aliphatic heterocycles. The molecule has 0 amide bonds. The van der Waals surface area contributed by atoms with Gasteiger partial charge in [-0.3, -0.25) is 4.79 Å². The summed E-state index contributed by atoms with van der Waals surface area (Å²) < 4.78 is 0. The van der Waals surface area contributed by atoms with Crippen molar-refractivity contribution in [1.82, 2.24) is 4.98 Å². The van der Waals surface area contributed by atoms with Crippen molar-refractivity contribution in [3.05, 3.63) is 29.8 Å². The molecule has 1 heterocycles.